The molecule has 1 N–H and O–H groups in total. The van der Waals surface area contributed by atoms with Gasteiger partial charge in [0.05, 0.1) is 4.47 Å². The van der Waals surface area contributed by atoms with Gasteiger partial charge in [0.25, 0.3) is 5.91 Å². The summed E-state index contributed by atoms with van der Waals surface area (Å²) in [5.74, 6) is -0.100. The van der Waals surface area contributed by atoms with Crippen LogP contribution in [0.1, 0.15) is 15.9 Å². The summed E-state index contributed by atoms with van der Waals surface area (Å²) in [5.41, 5.74) is 2.37. The van der Waals surface area contributed by atoms with E-state index < -0.39 is 0 Å². The lowest BCUT2D eigenvalue weighted by molar-refractivity contribution is 0.0992. The summed E-state index contributed by atoms with van der Waals surface area (Å²) in [4.78, 5) is 13.9. The molecule has 1 amide bonds. The monoisotopic (exact) mass is 319 g/mol. The molecule has 2 aromatic rings. The Kier molecular flexibility index (Phi) is 3.90. The van der Waals surface area contributed by atoms with Crippen molar-refractivity contribution < 1.29 is 9.90 Å². The van der Waals surface area contributed by atoms with Crippen molar-refractivity contribution in [2.45, 2.75) is 6.92 Å². The number of aryl methyl sites for hydroxylation is 1. The largest absolute Gasteiger partial charge is 0.507 e. The van der Waals surface area contributed by atoms with Gasteiger partial charge in [-0.05, 0) is 58.7 Å². The molecular formula is C15H14BrNO2. The van der Waals surface area contributed by atoms with Gasteiger partial charge in [-0.1, -0.05) is 12.1 Å². The molecule has 0 aliphatic heterocycles. The molecule has 2 aromatic carbocycles. The Morgan fingerprint density at radius 3 is 2.58 bits per heavy atom. The highest BCUT2D eigenvalue weighted by atomic mass is 79.9. The first-order valence-electron chi connectivity index (χ1n) is 5.82. The van der Waals surface area contributed by atoms with Crippen LogP contribution >= 0.6 is 15.9 Å². The van der Waals surface area contributed by atoms with Crippen LogP contribution in [-0.2, 0) is 0 Å². The number of hydrogen-bond acceptors (Lipinski definition) is 2. The quantitative estimate of drug-likeness (QED) is 0.916. The van der Waals surface area contributed by atoms with Crippen LogP contribution in [0.4, 0.5) is 5.69 Å². The van der Waals surface area contributed by atoms with E-state index in [0.29, 0.717) is 10.0 Å². The van der Waals surface area contributed by atoms with Gasteiger partial charge in [-0.15, -0.1) is 0 Å². The predicted molar refractivity (Wildman–Crippen MR) is 79.7 cm³/mol. The maximum absolute atomic E-state index is 12.3. The molecule has 0 aliphatic carbocycles. The number of benzene rings is 2. The van der Waals surface area contributed by atoms with Crippen LogP contribution in [0.3, 0.4) is 0 Å². The van der Waals surface area contributed by atoms with Crippen molar-refractivity contribution in [1.29, 1.82) is 0 Å². The zero-order valence-corrected chi connectivity index (χ0v) is 12.3. The van der Waals surface area contributed by atoms with E-state index >= 15 is 0 Å². The Bertz CT molecular complexity index is 625. The summed E-state index contributed by atoms with van der Waals surface area (Å²) in [7, 11) is 1.72. The molecule has 3 nitrogen and oxygen atoms in total. The van der Waals surface area contributed by atoms with E-state index in [1.165, 1.54) is 6.07 Å². The molecule has 0 heterocycles. The Morgan fingerprint density at radius 2 is 1.95 bits per heavy atom. The van der Waals surface area contributed by atoms with Crippen LogP contribution in [0.5, 0.6) is 5.75 Å². The lowest BCUT2D eigenvalue weighted by Gasteiger charge is -2.18. The molecule has 2 rings (SSSR count). The van der Waals surface area contributed by atoms with E-state index in [9.17, 15) is 9.90 Å². The first-order chi connectivity index (χ1) is 8.99. The third-order valence-electron chi connectivity index (χ3n) is 2.89. The first-order valence-corrected chi connectivity index (χ1v) is 6.61. The number of amides is 1. The number of halogens is 1. The Balaban J connectivity index is 2.30. The zero-order chi connectivity index (χ0) is 14.0. The molecule has 0 saturated heterocycles. The molecule has 0 fully saturated rings. The van der Waals surface area contributed by atoms with E-state index in [4.69, 9.17) is 0 Å². The number of carbonyl (C=O) groups excluding carboxylic acids is 1. The van der Waals surface area contributed by atoms with E-state index in [0.717, 1.165) is 11.3 Å². The van der Waals surface area contributed by atoms with Crippen LogP contribution in [0.2, 0.25) is 0 Å². The average molecular weight is 320 g/mol. The minimum atomic E-state index is -0.159. The fraction of sp³-hybridized carbons (Fsp3) is 0.133. The molecule has 0 spiro atoms. The van der Waals surface area contributed by atoms with Crippen molar-refractivity contribution in [3.8, 4) is 5.75 Å². The number of rotatable bonds is 2. The fourth-order valence-electron chi connectivity index (χ4n) is 1.79. The van der Waals surface area contributed by atoms with Crippen LogP contribution in [0, 0.1) is 6.92 Å². The summed E-state index contributed by atoms with van der Waals surface area (Å²) < 4.78 is 0.572. The van der Waals surface area contributed by atoms with Crippen molar-refractivity contribution in [2.24, 2.45) is 0 Å². The third-order valence-corrected chi connectivity index (χ3v) is 3.56. The van der Waals surface area contributed by atoms with Gasteiger partial charge in [0.15, 0.2) is 0 Å². The summed E-state index contributed by atoms with van der Waals surface area (Å²) >= 11 is 3.20. The number of hydrogen-bond donors (Lipinski definition) is 1. The summed E-state index contributed by atoms with van der Waals surface area (Å²) in [6, 6.07) is 12.5. The molecule has 0 saturated carbocycles. The summed E-state index contributed by atoms with van der Waals surface area (Å²) in [5, 5.41) is 9.63. The van der Waals surface area contributed by atoms with Gasteiger partial charge in [-0.25, -0.2) is 0 Å². The van der Waals surface area contributed by atoms with Crippen molar-refractivity contribution >= 4 is 27.5 Å². The van der Waals surface area contributed by atoms with E-state index in [1.807, 2.05) is 31.2 Å². The van der Waals surface area contributed by atoms with Gasteiger partial charge in [0.1, 0.15) is 5.75 Å². The third kappa shape index (κ3) is 2.96. The number of aromatic hydroxyl groups is 1. The van der Waals surface area contributed by atoms with Gasteiger partial charge < -0.3 is 10.0 Å². The molecule has 0 radical (unpaired) electrons. The lowest BCUT2D eigenvalue weighted by Crippen LogP contribution is -2.26. The number of nitrogens with zero attached hydrogens (tertiary/aromatic N) is 1. The van der Waals surface area contributed by atoms with Crippen LogP contribution < -0.4 is 4.90 Å². The zero-order valence-electron chi connectivity index (χ0n) is 10.7. The average Bonchev–Trinajstić information content (AvgIpc) is 2.40. The van der Waals surface area contributed by atoms with Gasteiger partial charge in [0, 0.05) is 18.3 Å². The predicted octanol–water partition coefficient (Wildman–Crippen LogP) is 3.74. The number of phenols is 1. The lowest BCUT2D eigenvalue weighted by atomic mass is 10.1. The van der Waals surface area contributed by atoms with Crippen LogP contribution in [-0.4, -0.2) is 18.1 Å². The second-order valence-electron chi connectivity index (χ2n) is 4.37. The smallest absolute Gasteiger partial charge is 0.258 e. The molecule has 98 valence electrons. The Labute approximate surface area is 120 Å². The summed E-state index contributed by atoms with van der Waals surface area (Å²) in [6.45, 7) is 1.98. The fourth-order valence-corrected chi connectivity index (χ4v) is 2.04. The van der Waals surface area contributed by atoms with Gasteiger partial charge in [0.2, 0.25) is 0 Å². The molecule has 4 heteroatoms. The normalized spacial score (nSPS) is 10.3. The number of carbonyl (C=O) groups is 1. The van der Waals surface area contributed by atoms with E-state index in [-0.39, 0.29) is 11.7 Å². The number of anilines is 1. The minimum Gasteiger partial charge on any atom is -0.507 e. The number of phenolic OH excluding ortho intramolecular Hbond substituents is 1. The highest BCUT2D eigenvalue weighted by Crippen LogP contribution is 2.25. The van der Waals surface area contributed by atoms with Gasteiger partial charge in [-0.3, -0.25) is 4.79 Å². The van der Waals surface area contributed by atoms with Crippen molar-refractivity contribution in [3.05, 3.63) is 58.1 Å². The van der Waals surface area contributed by atoms with Gasteiger partial charge in [-0.2, -0.15) is 0 Å². The maximum atomic E-state index is 12.3. The summed E-state index contributed by atoms with van der Waals surface area (Å²) in [6.07, 6.45) is 0. The highest BCUT2D eigenvalue weighted by molar-refractivity contribution is 9.10. The Morgan fingerprint density at radius 1 is 1.21 bits per heavy atom. The molecule has 0 bridgehead atoms. The van der Waals surface area contributed by atoms with Gasteiger partial charge >= 0.3 is 0 Å². The molecule has 0 aromatic heterocycles. The maximum Gasteiger partial charge on any atom is 0.258 e. The van der Waals surface area contributed by atoms with E-state index in [1.54, 1.807) is 24.1 Å². The molecule has 0 aliphatic rings. The standard InChI is InChI=1S/C15H14BrNO2/c1-10-4-3-5-12(8-10)17(2)15(19)11-6-7-13(16)14(18)9-11/h3-9,18H,1-2H3. The SMILES string of the molecule is Cc1cccc(N(C)C(=O)c2ccc(Br)c(O)c2)c1. The van der Waals surface area contributed by atoms with Crippen molar-refractivity contribution in [2.75, 3.05) is 11.9 Å². The van der Waals surface area contributed by atoms with Crippen molar-refractivity contribution in [3.63, 3.8) is 0 Å². The molecule has 0 unspecified atom stereocenters. The van der Waals surface area contributed by atoms with Crippen molar-refractivity contribution in [1.82, 2.24) is 0 Å². The van der Waals surface area contributed by atoms with Crippen LogP contribution in [0.15, 0.2) is 46.9 Å². The Hall–Kier alpha value is -1.81. The molecule has 19 heavy (non-hydrogen) atoms. The molecule has 0 atom stereocenters. The second-order valence-corrected chi connectivity index (χ2v) is 5.22. The minimum absolute atomic E-state index is 0.0588. The topological polar surface area (TPSA) is 40.5 Å². The van der Waals surface area contributed by atoms with E-state index in [2.05, 4.69) is 15.9 Å². The highest BCUT2D eigenvalue weighted by Gasteiger charge is 2.14. The second kappa shape index (κ2) is 5.45. The van der Waals surface area contributed by atoms with Crippen LogP contribution in [0.25, 0.3) is 0 Å². The molecular weight excluding hydrogens is 306 g/mol. The first kappa shape index (κ1) is 13.6.